The average molecular weight is 727 g/mol. The number of hydrogen-bond acceptors (Lipinski definition) is 7. The molecule has 0 N–H and O–H groups in total. The van der Waals surface area contributed by atoms with Crippen LogP contribution < -0.4 is 4.74 Å². The average Bonchev–Trinajstić information content (AvgIpc) is 3.56. The summed E-state index contributed by atoms with van der Waals surface area (Å²) in [5.74, 6) is -4.33. The first-order valence-corrected chi connectivity index (χ1v) is 15.0. The van der Waals surface area contributed by atoms with Crippen LogP contribution in [0, 0.1) is 11.8 Å². The predicted octanol–water partition coefficient (Wildman–Crippen LogP) is 5.97. The number of carbonyl (C=O) groups is 5. The van der Waals surface area contributed by atoms with Gasteiger partial charge < -0.3 is 9.15 Å². The van der Waals surface area contributed by atoms with Crippen LogP contribution in [0.1, 0.15) is 44.1 Å². The summed E-state index contributed by atoms with van der Waals surface area (Å²) in [5, 5.41) is 1.91. The van der Waals surface area contributed by atoms with E-state index < -0.39 is 47.9 Å². The molecule has 3 aromatic rings. The van der Waals surface area contributed by atoms with Gasteiger partial charge in [0.05, 0.1) is 28.7 Å². The maximum absolute atomic E-state index is 13.8. The summed E-state index contributed by atoms with van der Waals surface area (Å²) in [4.78, 5) is 66.3. The molecule has 1 saturated carbocycles. The first-order chi connectivity index (χ1) is 19.5. The Hall–Kier alpha value is -2.99. The lowest BCUT2D eigenvalue weighted by Crippen LogP contribution is -2.52. The summed E-state index contributed by atoms with van der Waals surface area (Å²) < 4.78 is 10.2. The number of alkyl halides is 2. The monoisotopic (exact) mass is 724 g/mol. The van der Waals surface area contributed by atoms with E-state index in [0.29, 0.717) is 12.8 Å². The molecule has 0 unspecified atom stereocenters. The number of nitrogens with zero attached hydrogens (tertiary/aromatic N) is 2. The molecule has 3 amide bonds. The van der Waals surface area contributed by atoms with Gasteiger partial charge in [0.15, 0.2) is 5.78 Å². The number of ether oxygens (including phenoxy) is 1. The number of hydrazine groups is 1. The van der Waals surface area contributed by atoms with E-state index in [1.807, 2.05) is 0 Å². The fraction of sp³-hybridized carbons (Fsp3) is 0.250. The van der Waals surface area contributed by atoms with E-state index in [9.17, 15) is 24.0 Å². The SMILES string of the molecule is O=C(CN(C(=O)c1ccc(Cl)cc1Cl)N1C(=O)[C@@H]2C[C@@H](Br)[C@@H](Br)C[C@H]2C1=O)c1ccc(OC(=O)c2ccco2)cc1. The van der Waals surface area contributed by atoms with E-state index in [4.69, 9.17) is 32.4 Å². The molecule has 212 valence electrons. The van der Waals surface area contributed by atoms with Gasteiger partial charge in [-0.05, 0) is 67.4 Å². The lowest BCUT2D eigenvalue weighted by Gasteiger charge is -2.30. The Morgan fingerprint density at radius 2 is 1.59 bits per heavy atom. The zero-order valence-corrected chi connectivity index (χ0v) is 25.7. The Morgan fingerprint density at radius 1 is 0.951 bits per heavy atom. The maximum Gasteiger partial charge on any atom is 0.379 e. The van der Waals surface area contributed by atoms with Crippen LogP contribution in [0.25, 0.3) is 0 Å². The molecule has 1 saturated heterocycles. The van der Waals surface area contributed by atoms with Crippen LogP contribution in [-0.2, 0) is 9.59 Å². The highest BCUT2D eigenvalue weighted by Gasteiger charge is 2.54. The molecule has 9 nitrogen and oxygen atoms in total. The molecule has 41 heavy (non-hydrogen) atoms. The lowest BCUT2D eigenvalue weighted by molar-refractivity contribution is -0.154. The first kappa shape index (κ1) is 29.5. The minimum absolute atomic E-state index is 0.000213. The van der Waals surface area contributed by atoms with Gasteiger partial charge in [-0.2, -0.15) is 5.01 Å². The Kier molecular flexibility index (Phi) is 8.70. The number of halogens is 4. The second-order valence-electron chi connectivity index (χ2n) is 9.51. The minimum atomic E-state index is -0.810. The maximum atomic E-state index is 13.8. The number of imide groups is 1. The number of fused-ring (bicyclic) bond motifs is 1. The van der Waals surface area contributed by atoms with E-state index >= 15 is 0 Å². The van der Waals surface area contributed by atoms with Crippen molar-refractivity contribution in [3.63, 3.8) is 0 Å². The molecular formula is C28H20Br2Cl2N2O7. The summed E-state index contributed by atoms with van der Waals surface area (Å²) in [6.45, 7) is -0.629. The Balaban J connectivity index is 1.42. The Bertz CT molecular complexity index is 1500. The summed E-state index contributed by atoms with van der Waals surface area (Å²) in [6, 6.07) is 12.8. The van der Waals surface area contributed by atoms with Gasteiger partial charge in [-0.3, -0.25) is 19.2 Å². The summed E-state index contributed by atoms with van der Waals surface area (Å²) in [5.41, 5.74) is 0.122. The lowest BCUT2D eigenvalue weighted by atomic mass is 9.81. The number of rotatable bonds is 7. The number of amides is 3. The van der Waals surface area contributed by atoms with Crippen molar-refractivity contribution in [1.29, 1.82) is 0 Å². The van der Waals surface area contributed by atoms with Crippen LogP contribution >= 0.6 is 55.1 Å². The van der Waals surface area contributed by atoms with E-state index in [1.165, 1.54) is 54.8 Å². The highest BCUT2D eigenvalue weighted by molar-refractivity contribution is 9.12. The largest absolute Gasteiger partial charge is 0.457 e. The van der Waals surface area contributed by atoms with Crippen molar-refractivity contribution in [3.05, 3.63) is 87.8 Å². The van der Waals surface area contributed by atoms with Gasteiger partial charge >= 0.3 is 5.97 Å². The molecular weight excluding hydrogens is 707 g/mol. The first-order valence-electron chi connectivity index (χ1n) is 12.4. The van der Waals surface area contributed by atoms with Crippen molar-refractivity contribution in [2.45, 2.75) is 22.5 Å². The zero-order chi connectivity index (χ0) is 29.4. The number of furan rings is 1. The topological polar surface area (TPSA) is 114 Å². The van der Waals surface area contributed by atoms with Crippen molar-refractivity contribution >= 4 is 84.5 Å². The second kappa shape index (κ2) is 12.1. The minimum Gasteiger partial charge on any atom is -0.457 e. The van der Waals surface area contributed by atoms with Crippen LogP contribution in [0.5, 0.6) is 5.75 Å². The highest BCUT2D eigenvalue weighted by atomic mass is 79.9. The summed E-state index contributed by atoms with van der Waals surface area (Å²) >= 11 is 19.4. The van der Waals surface area contributed by atoms with Crippen molar-refractivity contribution < 1.29 is 33.1 Å². The predicted molar refractivity (Wildman–Crippen MR) is 155 cm³/mol. The van der Waals surface area contributed by atoms with Crippen LogP contribution in [0.3, 0.4) is 0 Å². The molecule has 0 radical (unpaired) electrons. The number of esters is 1. The molecule has 2 fully saturated rings. The standard InChI is InChI=1S/C28H20Br2Cl2N2O7/c29-20-11-18-19(12-21(20)30)27(38)34(26(18)37)33(25(36)17-8-5-15(31)10-22(17)32)13-23(35)14-3-6-16(7-4-14)41-28(39)24-2-1-9-40-24/h1-10,18-21H,11-13H2/t18-,19-,20-,21+/m1/s1. The third-order valence-corrected chi connectivity index (χ3v) is 10.2. The van der Waals surface area contributed by atoms with Crippen molar-refractivity contribution in [3.8, 4) is 5.75 Å². The van der Waals surface area contributed by atoms with Gasteiger partial charge in [0.1, 0.15) is 12.3 Å². The van der Waals surface area contributed by atoms with E-state index in [1.54, 1.807) is 6.07 Å². The molecule has 2 aromatic carbocycles. The molecule has 1 aliphatic carbocycles. The second-order valence-corrected chi connectivity index (χ2v) is 12.7. The van der Waals surface area contributed by atoms with Gasteiger partial charge in [0.2, 0.25) is 5.76 Å². The Morgan fingerprint density at radius 3 is 2.15 bits per heavy atom. The molecule has 1 aromatic heterocycles. The highest BCUT2D eigenvalue weighted by Crippen LogP contribution is 2.44. The van der Waals surface area contributed by atoms with Gasteiger partial charge in [-0.1, -0.05) is 55.1 Å². The third kappa shape index (κ3) is 5.99. The number of benzene rings is 2. The molecule has 2 aliphatic rings. The summed E-state index contributed by atoms with van der Waals surface area (Å²) in [6.07, 6.45) is 2.11. The number of hydrogen-bond donors (Lipinski definition) is 0. The quantitative estimate of drug-likeness (QED) is 0.0970. The normalized spacial score (nSPS) is 21.9. The molecule has 2 heterocycles. The molecule has 13 heteroatoms. The number of carbonyl (C=O) groups excluding carboxylic acids is 5. The fourth-order valence-electron chi connectivity index (χ4n) is 4.84. The number of ketones is 1. The molecule has 5 rings (SSSR count). The molecule has 4 atom stereocenters. The van der Waals surface area contributed by atoms with E-state index in [0.717, 1.165) is 10.0 Å². The Labute approximate surface area is 260 Å². The van der Waals surface area contributed by atoms with E-state index in [2.05, 4.69) is 31.9 Å². The zero-order valence-electron chi connectivity index (χ0n) is 21.0. The van der Waals surface area contributed by atoms with Gasteiger partial charge in [0, 0.05) is 20.2 Å². The van der Waals surface area contributed by atoms with Gasteiger partial charge in [0.25, 0.3) is 17.7 Å². The van der Waals surface area contributed by atoms with Gasteiger partial charge in [-0.15, -0.1) is 0 Å². The smallest absolute Gasteiger partial charge is 0.379 e. The van der Waals surface area contributed by atoms with Crippen molar-refractivity contribution in [1.82, 2.24) is 10.0 Å². The van der Waals surface area contributed by atoms with Gasteiger partial charge in [-0.25, -0.2) is 9.80 Å². The molecule has 0 spiro atoms. The van der Waals surface area contributed by atoms with Crippen molar-refractivity contribution in [2.75, 3.05) is 6.54 Å². The van der Waals surface area contributed by atoms with Crippen LogP contribution in [-0.4, -0.2) is 55.7 Å². The van der Waals surface area contributed by atoms with Crippen LogP contribution in [0.2, 0.25) is 10.0 Å². The van der Waals surface area contributed by atoms with E-state index in [-0.39, 0.29) is 42.3 Å². The third-order valence-electron chi connectivity index (χ3n) is 6.93. The van der Waals surface area contributed by atoms with Crippen LogP contribution in [0.4, 0.5) is 0 Å². The fourth-order valence-corrected chi connectivity index (χ4v) is 6.57. The van der Waals surface area contributed by atoms with Crippen molar-refractivity contribution in [2.24, 2.45) is 11.8 Å². The summed E-state index contributed by atoms with van der Waals surface area (Å²) in [7, 11) is 0. The number of Topliss-reactive ketones (excluding diaryl/α,β-unsaturated/α-hetero) is 1. The molecule has 0 bridgehead atoms. The van der Waals surface area contributed by atoms with Crippen LogP contribution in [0.15, 0.2) is 65.3 Å². The molecule has 1 aliphatic heterocycles.